The smallest absolute Gasteiger partial charge is 0.174 e. The van der Waals surface area contributed by atoms with Crippen molar-refractivity contribution in [2.24, 2.45) is 0 Å². The predicted molar refractivity (Wildman–Crippen MR) is 63.6 cm³/mol. The van der Waals surface area contributed by atoms with E-state index in [1.54, 1.807) is 12.1 Å². The van der Waals surface area contributed by atoms with Crippen LogP contribution in [0.1, 0.15) is 0 Å². The van der Waals surface area contributed by atoms with Crippen molar-refractivity contribution in [1.82, 2.24) is 20.2 Å². The van der Waals surface area contributed by atoms with Crippen molar-refractivity contribution in [2.75, 3.05) is 7.11 Å². The molecule has 2 heterocycles. The number of aromatic nitrogens is 4. The summed E-state index contributed by atoms with van der Waals surface area (Å²) in [6, 6.07) is 6.24. The maximum absolute atomic E-state index is 13.3. The van der Waals surface area contributed by atoms with Gasteiger partial charge in [-0.25, -0.2) is 14.4 Å². The second-order valence-corrected chi connectivity index (χ2v) is 3.71. The van der Waals surface area contributed by atoms with Crippen LogP contribution in [0.2, 0.25) is 0 Å². The third-order valence-electron chi connectivity index (χ3n) is 2.60. The number of hydrogen-bond acceptors (Lipinski definition) is 4. The van der Waals surface area contributed by atoms with Gasteiger partial charge in [0.15, 0.2) is 5.82 Å². The van der Waals surface area contributed by atoms with Gasteiger partial charge in [-0.3, -0.25) is 5.10 Å². The van der Waals surface area contributed by atoms with E-state index >= 15 is 0 Å². The molecular weight excluding hydrogens is 235 g/mol. The first kappa shape index (κ1) is 10.6. The van der Waals surface area contributed by atoms with E-state index in [1.807, 2.05) is 0 Å². The zero-order valence-corrected chi connectivity index (χ0v) is 9.51. The van der Waals surface area contributed by atoms with Crippen molar-refractivity contribution in [2.45, 2.75) is 0 Å². The van der Waals surface area contributed by atoms with Gasteiger partial charge in [-0.05, 0) is 12.1 Å². The molecule has 0 aliphatic rings. The van der Waals surface area contributed by atoms with Crippen LogP contribution >= 0.6 is 0 Å². The van der Waals surface area contributed by atoms with Crippen LogP contribution in [0.25, 0.3) is 22.4 Å². The Morgan fingerprint density at radius 2 is 2.17 bits per heavy atom. The second kappa shape index (κ2) is 4.06. The summed E-state index contributed by atoms with van der Waals surface area (Å²) < 4.78 is 18.5. The Labute approximate surface area is 102 Å². The SMILES string of the molecule is COc1cc(F)cc2ccc(-c3ncn[nH]3)nc12. The first-order valence-corrected chi connectivity index (χ1v) is 5.28. The number of nitrogens with zero attached hydrogens (tertiary/aromatic N) is 3. The van der Waals surface area contributed by atoms with Gasteiger partial charge in [0.25, 0.3) is 0 Å². The van der Waals surface area contributed by atoms with Crippen molar-refractivity contribution < 1.29 is 9.13 Å². The first-order chi connectivity index (χ1) is 8.78. The molecule has 1 aromatic carbocycles. The van der Waals surface area contributed by atoms with Crippen LogP contribution in [0.3, 0.4) is 0 Å². The van der Waals surface area contributed by atoms with Gasteiger partial charge >= 0.3 is 0 Å². The molecule has 3 aromatic rings. The maximum Gasteiger partial charge on any atom is 0.174 e. The molecule has 0 amide bonds. The van der Waals surface area contributed by atoms with Crippen LogP contribution in [0, 0.1) is 5.82 Å². The largest absolute Gasteiger partial charge is 0.494 e. The van der Waals surface area contributed by atoms with E-state index in [0.29, 0.717) is 28.2 Å². The van der Waals surface area contributed by atoms with Gasteiger partial charge in [-0.2, -0.15) is 5.10 Å². The van der Waals surface area contributed by atoms with Gasteiger partial charge in [0, 0.05) is 11.5 Å². The molecule has 0 radical (unpaired) electrons. The molecule has 0 spiro atoms. The number of aromatic amines is 1. The van der Waals surface area contributed by atoms with Crippen molar-refractivity contribution in [1.29, 1.82) is 0 Å². The fourth-order valence-corrected chi connectivity index (χ4v) is 1.78. The Hall–Kier alpha value is -2.50. The molecule has 0 saturated heterocycles. The highest BCUT2D eigenvalue weighted by atomic mass is 19.1. The summed E-state index contributed by atoms with van der Waals surface area (Å²) in [5.74, 6) is 0.600. The molecule has 90 valence electrons. The standard InChI is InChI=1S/C12H9FN4O/c1-18-10-5-8(13)4-7-2-3-9(16-11(7)10)12-14-6-15-17-12/h2-6H,1H3,(H,14,15,17). The maximum atomic E-state index is 13.3. The van der Waals surface area contributed by atoms with Gasteiger partial charge in [0.1, 0.15) is 29.1 Å². The van der Waals surface area contributed by atoms with Crippen LogP contribution in [0.15, 0.2) is 30.6 Å². The molecule has 0 aliphatic heterocycles. The first-order valence-electron chi connectivity index (χ1n) is 5.28. The summed E-state index contributed by atoms with van der Waals surface area (Å²) >= 11 is 0. The third kappa shape index (κ3) is 1.67. The highest BCUT2D eigenvalue weighted by Crippen LogP contribution is 2.27. The highest BCUT2D eigenvalue weighted by Gasteiger charge is 2.09. The van der Waals surface area contributed by atoms with Gasteiger partial charge in [-0.15, -0.1) is 0 Å². The molecule has 18 heavy (non-hydrogen) atoms. The van der Waals surface area contributed by atoms with E-state index in [1.165, 1.54) is 25.6 Å². The molecule has 0 fully saturated rings. The van der Waals surface area contributed by atoms with Gasteiger partial charge < -0.3 is 4.74 Å². The lowest BCUT2D eigenvalue weighted by atomic mass is 10.2. The summed E-state index contributed by atoms with van der Waals surface area (Å²) in [5, 5.41) is 7.17. The number of nitrogens with one attached hydrogen (secondary N) is 1. The zero-order chi connectivity index (χ0) is 12.5. The quantitative estimate of drug-likeness (QED) is 0.750. The number of benzene rings is 1. The van der Waals surface area contributed by atoms with Crippen LogP contribution < -0.4 is 4.74 Å². The van der Waals surface area contributed by atoms with Crippen molar-refractivity contribution in [3.8, 4) is 17.3 Å². The summed E-state index contributed by atoms with van der Waals surface area (Å²) in [6.07, 6.45) is 1.41. The van der Waals surface area contributed by atoms with Gasteiger partial charge in [0.2, 0.25) is 0 Å². The van der Waals surface area contributed by atoms with Gasteiger partial charge in [-0.1, -0.05) is 6.07 Å². The average molecular weight is 244 g/mol. The number of H-pyrrole nitrogens is 1. The van der Waals surface area contributed by atoms with Crippen LogP contribution in [0.5, 0.6) is 5.75 Å². The van der Waals surface area contributed by atoms with Crippen LogP contribution in [0.4, 0.5) is 4.39 Å². The zero-order valence-electron chi connectivity index (χ0n) is 9.51. The minimum atomic E-state index is -0.353. The van der Waals surface area contributed by atoms with Crippen LogP contribution in [-0.4, -0.2) is 27.3 Å². The minimum Gasteiger partial charge on any atom is -0.494 e. The molecule has 3 rings (SSSR count). The summed E-state index contributed by atoms with van der Waals surface area (Å²) in [6.45, 7) is 0. The summed E-state index contributed by atoms with van der Waals surface area (Å²) in [5.41, 5.74) is 1.22. The van der Waals surface area contributed by atoms with Crippen LogP contribution in [-0.2, 0) is 0 Å². The van der Waals surface area contributed by atoms with E-state index in [0.717, 1.165) is 0 Å². The van der Waals surface area contributed by atoms with E-state index < -0.39 is 0 Å². The highest BCUT2D eigenvalue weighted by molar-refractivity contribution is 5.86. The number of halogens is 1. The molecule has 0 saturated carbocycles. The lowest BCUT2D eigenvalue weighted by Gasteiger charge is -2.06. The average Bonchev–Trinajstić information content (AvgIpc) is 2.91. The van der Waals surface area contributed by atoms with Crippen molar-refractivity contribution in [3.05, 3.63) is 36.4 Å². The molecule has 5 nitrogen and oxygen atoms in total. The Kier molecular flexibility index (Phi) is 2.40. The Bertz CT molecular complexity index is 697. The van der Waals surface area contributed by atoms with E-state index in [2.05, 4.69) is 20.2 Å². The molecule has 1 N–H and O–H groups in total. The molecule has 6 heteroatoms. The number of ether oxygens (including phenoxy) is 1. The summed E-state index contributed by atoms with van der Waals surface area (Å²) in [4.78, 5) is 8.43. The van der Waals surface area contributed by atoms with E-state index in [9.17, 15) is 4.39 Å². The monoisotopic (exact) mass is 244 g/mol. The number of hydrogen-bond donors (Lipinski definition) is 1. The fraction of sp³-hybridized carbons (Fsp3) is 0.0833. The lowest BCUT2D eigenvalue weighted by Crippen LogP contribution is -1.92. The Morgan fingerprint density at radius 3 is 2.89 bits per heavy atom. The third-order valence-corrected chi connectivity index (χ3v) is 2.60. The number of fused-ring (bicyclic) bond motifs is 1. The second-order valence-electron chi connectivity index (χ2n) is 3.71. The van der Waals surface area contributed by atoms with Crippen molar-refractivity contribution >= 4 is 10.9 Å². The topological polar surface area (TPSA) is 63.7 Å². The lowest BCUT2D eigenvalue weighted by molar-refractivity contribution is 0.415. The molecule has 0 atom stereocenters. The molecular formula is C12H9FN4O. The minimum absolute atomic E-state index is 0.353. The number of rotatable bonds is 2. The summed E-state index contributed by atoms with van der Waals surface area (Å²) in [7, 11) is 1.48. The van der Waals surface area contributed by atoms with Crippen molar-refractivity contribution in [3.63, 3.8) is 0 Å². The van der Waals surface area contributed by atoms with E-state index in [-0.39, 0.29) is 5.82 Å². The Balaban J connectivity index is 2.25. The number of pyridine rings is 1. The van der Waals surface area contributed by atoms with Gasteiger partial charge in [0.05, 0.1) is 7.11 Å². The molecule has 2 aromatic heterocycles. The van der Waals surface area contributed by atoms with E-state index in [4.69, 9.17) is 4.74 Å². The Morgan fingerprint density at radius 1 is 1.28 bits per heavy atom. The molecule has 0 unspecified atom stereocenters. The predicted octanol–water partition coefficient (Wildman–Crippen LogP) is 2.17. The molecule has 0 aliphatic carbocycles. The normalized spacial score (nSPS) is 10.8. The fourth-order valence-electron chi connectivity index (χ4n) is 1.78. The number of methoxy groups -OCH3 is 1. The molecule has 0 bridgehead atoms.